The van der Waals surface area contributed by atoms with Crippen molar-refractivity contribution < 1.29 is 28.2 Å². The van der Waals surface area contributed by atoms with Crippen molar-refractivity contribution in [1.82, 2.24) is 25.1 Å². The van der Waals surface area contributed by atoms with Gasteiger partial charge in [-0.2, -0.15) is 4.98 Å². The van der Waals surface area contributed by atoms with Crippen LogP contribution in [0.5, 0.6) is 17.2 Å². The molecule has 13 heteroatoms. The van der Waals surface area contributed by atoms with E-state index in [2.05, 4.69) is 37.4 Å². The third-order valence-electron chi connectivity index (χ3n) is 8.98. The number of piperazine rings is 1. The van der Waals surface area contributed by atoms with E-state index in [1.807, 2.05) is 45.9 Å². The van der Waals surface area contributed by atoms with E-state index < -0.39 is 11.9 Å². The van der Waals surface area contributed by atoms with Gasteiger partial charge >= 0.3 is 6.09 Å². The Labute approximate surface area is 304 Å². The van der Waals surface area contributed by atoms with Crippen LogP contribution in [0.3, 0.4) is 0 Å². The second kappa shape index (κ2) is 17.8. The summed E-state index contributed by atoms with van der Waals surface area (Å²) >= 11 is 0. The number of rotatable bonds is 14. The first-order valence-corrected chi connectivity index (χ1v) is 17.6. The monoisotopic (exact) mass is 713 g/mol. The number of carbonyl (C=O) groups excluding carboxylic acids is 2. The molecule has 2 heterocycles. The third-order valence-corrected chi connectivity index (χ3v) is 8.98. The summed E-state index contributed by atoms with van der Waals surface area (Å²) < 4.78 is 32.5. The lowest BCUT2D eigenvalue weighted by atomic mass is 10.1. The summed E-state index contributed by atoms with van der Waals surface area (Å²) in [4.78, 5) is 41.9. The molecule has 1 fully saturated rings. The maximum atomic E-state index is 15.1. The largest absolute Gasteiger partial charge is 0.495 e. The molecule has 0 aliphatic carbocycles. The molecule has 276 valence electrons. The van der Waals surface area contributed by atoms with Crippen molar-refractivity contribution in [2.24, 2.45) is 0 Å². The Morgan fingerprint density at radius 1 is 1.00 bits per heavy atom. The molecule has 12 nitrogen and oxygen atoms in total. The number of hydrogen-bond acceptors (Lipinski definition) is 10. The summed E-state index contributed by atoms with van der Waals surface area (Å²) in [6, 6.07) is 16.4. The van der Waals surface area contributed by atoms with Crippen molar-refractivity contribution in [2.75, 3.05) is 63.7 Å². The fourth-order valence-electron chi connectivity index (χ4n) is 5.72. The highest BCUT2D eigenvalue weighted by molar-refractivity contribution is 6.00. The number of amides is 2. The van der Waals surface area contributed by atoms with Gasteiger partial charge in [0, 0.05) is 68.3 Å². The Balaban J connectivity index is 1.37. The molecule has 4 aromatic rings. The first-order chi connectivity index (χ1) is 25.1. The molecule has 1 aliphatic heterocycles. The van der Waals surface area contributed by atoms with Crippen LogP contribution in [-0.2, 0) is 0 Å². The molecule has 3 aromatic carbocycles. The fraction of sp³-hybridized carbons (Fsp3) is 0.385. The number of likely N-dealkylation sites (N-methyl/N-ethyl adjacent to an activating group) is 1. The second-order valence-electron chi connectivity index (χ2n) is 12.9. The predicted molar refractivity (Wildman–Crippen MR) is 200 cm³/mol. The van der Waals surface area contributed by atoms with Crippen LogP contribution in [0.2, 0.25) is 0 Å². The highest BCUT2D eigenvalue weighted by Gasteiger charge is 2.27. The van der Waals surface area contributed by atoms with E-state index in [0.29, 0.717) is 23.6 Å². The highest BCUT2D eigenvalue weighted by Crippen LogP contribution is 2.36. The molecular weight excluding hydrogens is 665 g/mol. The zero-order valence-corrected chi connectivity index (χ0v) is 30.7. The van der Waals surface area contributed by atoms with Gasteiger partial charge in [0.2, 0.25) is 5.95 Å². The molecule has 1 saturated heterocycles. The van der Waals surface area contributed by atoms with Gasteiger partial charge < -0.3 is 34.6 Å². The second-order valence-corrected chi connectivity index (χ2v) is 12.9. The molecule has 1 aromatic heterocycles. The summed E-state index contributed by atoms with van der Waals surface area (Å²) in [6.07, 6.45) is 2.27. The van der Waals surface area contributed by atoms with Crippen molar-refractivity contribution in [2.45, 2.75) is 46.6 Å². The molecule has 2 amide bonds. The highest BCUT2D eigenvalue weighted by atomic mass is 19.1. The quantitative estimate of drug-likeness (QED) is 0.134. The van der Waals surface area contributed by atoms with E-state index in [-0.39, 0.29) is 40.9 Å². The first kappa shape index (κ1) is 38.0. The van der Waals surface area contributed by atoms with Crippen LogP contribution in [0.1, 0.15) is 48.2 Å². The maximum Gasteiger partial charge on any atom is 0.425 e. The van der Waals surface area contributed by atoms with Crippen LogP contribution < -0.4 is 29.7 Å². The third kappa shape index (κ3) is 9.74. The van der Waals surface area contributed by atoms with Gasteiger partial charge in [-0.25, -0.2) is 19.1 Å². The van der Waals surface area contributed by atoms with Crippen molar-refractivity contribution in [1.29, 1.82) is 0 Å². The number of hydrogen-bond donors (Lipinski definition) is 2. The number of halogens is 1. The topological polar surface area (TPSA) is 121 Å². The fourth-order valence-corrected chi connectivity index (χ4v) is 5.72. The van der Waals surface area contributed by atoms with Gasteiger partial charge in [-0.05, 0) is 82.1 Å². The van der Waals surface area contributed by atoms with Crippen LogP contribution in [0, 0.1) is 19.7 Å². The SMILES string of the molecule is CCC(C)NC(=O)c1ccc(N(C(=O)Oc2c(C)cccc2C)c2ccnc(Nc3ccc(OCCCN4CCN(C)CC4)c(F)c3)n2)c(OC)c1. The number of methoxy groups -OCH3 is 1. The van der Waals surface area contributed by atoms with Gasteiger partial charge in [0.25, 0.3) is 5.91 Å². The minimum atomic E-state index is -0.766. The molecule has 5 rings (SSSR count). The van der Waals surface area contributed by atoms with E-state index in [9.17, 15) is 9.59 Å². The van der Waals surface area contributed by atoms with Crippen molar-refractivity contribution in [3.8, 4) is 17.2 Å². The molecule has 0 spiro atoms. The summed E-state index contributed by atoms with van der Waals surface area (Å²) in [5, 5.41) is 5.97. The maximum absolute atomic E-state index is 15.1. The lowest BCUT2D eigenvalue weighted by Crippen LogP contribution is -2.44. The summed E-state index contributed by atoms with van der Waals surface area (Å²) in [7, 11) is 3.58. The zero-order valence-electron chi connectivity index (χ0n) is 30.7. The summed E-state index contributed by atoms with van der Waals surface area (Å²) in [5.74, 6) is 0.256. The minimum Gasteiger partial charge on any atom is -0.495 e. The smallest absolute Gasteiger partial charge is 0.425 e. The van der Waals surface area contributed by atoms with Gasteiger partial charge in [-0.15, -0.1) is 0 Å². The number of nitrogens with zero attached hydrogens (tertiary/aromatic N) is 5. The lowest BCUT2D eigenvalue weighted by molar-refractivity contribution is 0.0939. The van der Waals surface area contributed by atoms with Gasteiger partial charge in [-0.1, -0.05) is 25.1 Å². The van der Waals surface area contributed by atoms with Gasteiger partial charge in [0.1, 0.15) is 17.3 Å². The molecule has 0 radical (unpaired) electrons. The number of aromatic nitrogens is 2. The molecular formula is C39H48FN7O5. The Morgan fingerprint density at radius 2 is 1.75 bits per heavy atom. The molecule has 1 unspecified atom stereocenters. The van der Waals surface area contributed by atoms with Crippen LogP contribution in [0.15, 0.2) is 66.9 Å². The van der Waals surface area contributed by atoms with E-state index in [0.717, 1.165) is 56.7 Å². The van der Waals surface area contributed by atoms with E-state index in [4.69, 9.17) is 14.2 Å². The van der Waals surface area contributed by atoms with Gasteiger partial charge in [0.15, 0.2) is 11.6 Å². The number of carbonyl (C=O) groups is 2. The average molecular weight is 714 g/mol. The molecule has 0 saturated carbocycles. The summed E-state index contributed by atoms with van der Waals surface area (Å²) in [5.41, 5.74) is 2.57. The van der Waals surface area contributed by atoms with Crippen LogP contribution in [0.4, 0.5) is 32.3 Å². The molecule has 2 N–H and O–H groups in total. The van der Waals surface area contributed by atoms with Crippen molar-refractivity contribution in [3.63, 3.8) is 0 Å². The Bertz CT molecular complexity index is 1830. The zero-order chi connectivity index (χ0) is 37.2. The number of benzene rings is 3. The normalized spacial score (nSPS) is 14.0. The Kier molecular flexibility index (Phi) is 13.0. The number of ether oxygens (including phenoxy) is 3. The lowest BCUT2D eigenvalue weighted by Gasteiger charge is -2.32. The molecule has 0 bridgehead atoms. The Hall–Kier alpha value is -5.27. The van der Waals surface area contributed by atoms with Crippen LogP contribution >= 0.6 is 0 Å². The van der Waals surface area contributed by atoms with Gasteiger partial charge in [-0.3, -0.25) is 4.79 Å². The molecule has 1 aliphatic rings. The number of aryl methyl sites for hydroxylation is 2. The van der Waals surface area contributed by atoms with Gasteiger partial charge in [0.05, 0.1) is 19.4 Å². The number of anilines is 4. The molecule has 52 heavy (non-hydrogen) atoms. The van der Waals surface area contributed by atoms with E-state index in [1.165, 1.54) is 24.3 Å². The number of para-hydroxylation sites is 1. The van der Waals surface area contributed by atoms with E-state index in [1.54, 1.807) is 36.4 Å². The van der Waals surface area contributed by atoms with E-state index >= 15 is 4.39 Å². The number of nitrogens with one attached hydrogen (secondary N) is 2. The Morgan fingerprint density at radius 3 is 2.44 bits per heavy atom. The first-order valence-electron chi connectivity index (χ1n) is 17.6. The average Bonchev–Trinajstić information content (AvgIpc) is 3.13. The minimum absolute atomic E-state index is 0.0247. The predicted octanol–water partition coefficient (Wildman–Crippen LogP) is 6.87. The van der Waals surface area contributed by atoms with Crippen molar-refractivity contribution in [3.05, 3.63) is 89.4 Å². The standard InChI is InChI=1S/C39H48FN7O5/c1-7-28(4)42-37(48)29-12-14-32(34(24-29)50-6)47(39(49)52-36-26(2)10-8-11-27(36)3)35-16-17-41-38(44-35)43-30-13-15-33(31(40)25-30)51-23-9-18-46-21-19-45(5)20-22-46/h8,10-17,24-25,28H,7,9,18-23H2,1-6H3,(H,42,48)(H,41,43,44). The van der Waals surface area contributed by atoms with Crippen molar-refractivity contribution >= 4 is 35.1 Å². The van der Waals surface area contributed by atoms with Crippen LogP contribution in [0.25, 0.3) is 0 Å². The molecule has 1 atom stereocenters. The summed E-state index contributed by atoms with van der Waals surface area (Å²) in [6.45, 7) is 13.1. The van der Waals surface area contributed by atoms with Crippen LogP contribution in [-0.4, -0.2) is 91.3 Å².